The molecule has 0 saturated carbocycles. The molecule has 3 aromatic heterocycles. The van der Waals surface area contributed by atoms with E-state index in [4.69, 9.17) is 0 Å². The van der Waals surface area contributed by atoms with Crippen molar-refractivity contribution in [2.24, 2.45) is 0 Å². The highest BCUT2D eigenvalue weighted by Crippen LogP contribution is 2.21. The first-order chi connectivity index (χ1) is 11.8. The van der Waals surface area contributed by atoms with Crippen LogP contribution < -0.4 is 0 Å². The van der Waals surface area contributed by atoms with Crippen LogP contribution in [0.25, 0.3) is 17.2 Å². The van der Waals surface area contributed by atoms with Crippen molar-refractivity contribution in [3.63, 3.8) is 0 Å². The number of benzene rings is 1. The normalized spacial score (nSPS) is 11.2. The number of aromatic nitrogens is 5. The van der Waals surface area contributed by atoms with Gasteiger partial charge in [0.15, 0.2) is 0 Å². The summed E-state index contributed by atoms with van der Waals surface area (Å²) in [6.07, 6.45) is 8.17. The van der Waals surface area contributed by atoms with Crippen LogP contribution in [0.4, 0.5) is 4.39 Å². The average molecular weight is 321 g/mol. The van der Waals surface area contributed by atoms with Crippen molar-refractivity contribution in [2.75, 3.05) is 0 Å². The number of halogens is 1. The number of hydrogen-bond acceptors (Lipinski definition) is 3. The molecule has 0 radical (unpaired) electrons. The minimum absolute atomic E-state index is 0.270. The van der Waals surface area contributed by atoms with Crippen LogP contribution in [-0.4, -0.2) is 23.9 Å². The molecule has 0 fully saturated rings. The molecule has 0 saturated heterocycles. The Balaban J connectivity index is 1.76. The molecule has 3 heterocycles. The van der Waals surface area contributed by atoms with E-state index in [-0.39, 0.29) is 5.82 Å². The lowest BCUT2D eigenvalue weighted by Crippen LogP contribution is -2.04. The molecule has 0 N–H and O–H groups in total. The maximum Gasteiger partial charge on any atom is 0.234 e. The second kappa shape index (κ2) is 5.88. The third kappa shape index (κ3) is 2.46. The quantitative estimate of drug-likeness (QED) is 0.579. The molecule has 4 rings (SSSR count). The Morgan fingerprint density at radius 1 is 1.08 bits per heavy atom. The predicted molar refractivity (Wildman–Crippen MR) is 89.1 cm³/mol. The van der Waals surface area contributed by atoms with Crippen LogP contribution in [-0.2, 0) is 13.0 Å². The van der Waals surface area contributed by atoms with Gasteiger partial charge in [-0.25, -0.2) is 19.3 Å². The zero-order valence-corrected chi connectivity index (χ0v) is 13.2. The monoisotopic (exact) mass is 321 g/mol. The number of hydrogen-bond donors (Lipinski definition) is 0. The molecule has 0 spiro atoms. The van der Waals surface area contributed by atoms with E-state index in [0.29, 0.717) is 12.3 Å². The van der Waals surface area contributed by atoms with Crippen LogP contribution in [0.1, 0.15) is 18.3 Å². The standard InChI is InChI=1S/C18H16FN5/c1-2-16-15(22-18-21-7-4-9-24(16)18)12-23-10-8-20-17(23)13-5-3-6-14(19)11-13/h3-11H,2,12H2,1H3. The fourth-order valence-electron chi connectivity index (χ4n) is 2.97. The summed E-state index contributed by atoms with van der Waals surface area (Å²) >= 11 is 0. The Hall–Kier alpha value is -3.02. The van der Waals surface area contributed by atoms with E-state index in [0.717, 1.165) is 29.2 Å². The van der Waals surface area contributed by atoms with Crippen LogP contribution in [0, 0.1) is 5.82 Å². The molecule has 1 aromatic carbocycles. The second-order valence-corrected chi connectivity index (χ2v) is 5.54. The third-order valence-electron chi connectivity index (χ3n) is 4.04. The van der Waals surface area contributed by atoms with Gasteiger partial charge in [-0.2, -0.15) is 0 Å². The highest BCUT2D eigenvalue weighted by Gasteiger charge is 2.14. The average Bonchev–Trinajstić information content (AvgIpc) is 3.19. The van der Waals surface area contributed by atoms with E-state index in [1.54, 1.807) is 18.5 Å². The number of aryl methyl sites for hydroxylation is 1. The Kier molecular flexibility index (Phi) is 3.57. The highest BCUT2D eigenvalue weighted by atomic mass is 19.1. The predicted octanol–water partition coefficient (Wildman–Crippen LogP) is 3.34. The van der Waals surface area contributed by atoms with Crippen LogP contribution in [0.5, 0.6) is 0 Å². The largest absolute Gasteiger partial charge is 0.325 e. The minimum Gasteiger partial charge on any atom is -0.325 e. The first kappa shape index (κ1) is 14.6. The van der Waals surface area contributed by atoms with Crippen molar-refractivity contribution in [2.45, 2.75) is 19.9 Å². The molecule has 0 aliphatic rings. The third-order valence-corrected chi connectivity index (χ3v) is 4.04. The van der Waals surface area contributed by atoms with E-state index in [1.807, 2.05) is 33.5 Å². The fraction of sp³-hybridized carbons (Fsp3) is 0.167. The smallest absolute Gasteiger partial charge is 0.234 e. The summed E-state index contributed by atoms with van der Waals surface area (Å²) in [5.41, 5.74) is 2.82. The lowest BCUT2D eigenvalue weighted by atomic mass is 10.2. The van der Waals surface area contributed by atoms with Gasteiger partial charge in [0.05, 0.1) is 12.2 Å². The van der Waals surface area contributed by atoms with Gasteiger partial charge in [-0.05, 0) is 24.6 Å². The summed E-state index contributed by atoms with van der Waals surface area (Å²) < 4.78 is 17.5. The lowest BCUT2D eigenvalue weighted by Gasteiger charge is -2.08. The van der Waals surface area contributed by atoms with Gasteiger partial charge in [-0.1, -0.05) is 19.1 Å². The van der Waals surface area contributed by atoms with Gasteiger partial charge in [0.2, 0.25) is 5.78 Å². The van der Waals surface area contributed by atoms with Gasteiger partial charge in [0, 0.05) is 36.0 Å². The maximum atomic E-state index is 13.5. The van der Waals surface area contributed by atoms with Crippen LogP contribution in [0.3, 0.4) is 0 Å². The SMILES string of the molecule is CCc1c(Cn2ccnc2-c2cccc(F)c2)nc2ncccn12. The second-order valence-electron chi connectivity index (χ2n) is 5.54. The summed E-state index contributed by atoms with van der Waals surface area (Å²) in [7, 11) is 0. The molecular formula is C18H16FN5. The first-order valence-electron chi connectivity index (χ1n) is 7.84. The number of nitrogens with zero attached hydrogens (tertiary/aromatic N) is 5. The Morgan fingerprint density at radius 2 is 2.00 bits per heavy atom. The van der Waals surface area contributed by atoms with E-state index in [2.05, 4.69) is 21.9 Å². The number of rotatable bonds is 4. The first-order valence-corrected chi connectivity index (χ1v) is 7.84. The summed E-state index contributed by atoms with van der Waals surface area (Å²) in [6.45, 7) is 2.67. The van der Waals surface area contributed by atoms with Crippen molar-refractivity contribution in [3.05, 3.63) is 72.3 Å². The molecular weight excluding hydrogens is 305 g/mol. The van der Waals surface area contributed by atoms with Crippen molar-refractivity contribution < 1.29 is 4.39 Å². The molecule has 120 valence electrons. The Bertz CT molecular complexity index is 1000. The van der Waals surface area contributed by atoms with Gasteiger partial charge in [0.1, 0.15) is 11.6 Å². The number of imidazole rings is 2. The van der Waals surface area contributed by atoms with E-state index in [1.165, 1.54) is 12.1 Å². The van der Waals surface area contributed by atoms with Gasteiger partial charge >= 0.3 is 0 Å². The van der Waals surface area contributed by atoms with Crippen LogP contribution in [0.15, 0.2) is 55.1 Å². The van der Waals surface area contributed by atoms with Crippen molar-refractivity contribution in [1.29, 1.82) is 0 Å². The zero-order chi connectivity index (χ0) is 16.5. The van der Waals surface area contributed by atoms with E-state index >= 15 is 0 Å². The lowest BCUT2D eigenvalue weighted by molar-refractivity contribution is 0.628. The summed E-state index contributed by atoms with van der Waals surface area (Å²) in [5, 5.41) is 0. The topological polar surface area (TPSA) is 48.0 Å². The minimum atomic E-state index is -0.270. The Morgan fingerprint density at radius 3 is 2.83 bits per heavy atom. The van der Waals surface area contributed by atoms with Crippen LogP contribution in [0.2, 0.25) is 0 Å². The van der Waals surface area contributed by atoms with Gasteiger partial charge in [-0.15, -0.1) is 0 Å². The molecule has 5 nitrogen and oxygen atoms in total. The molecule has 0 atom stereocenters. The maximum absolute atomic E-state index is 13.5. The van der Waals surface area contributed by atoms with Crippen molar-refractivity contribution in [3.8, 4) is 11.4 Å². The van der Waals surface area contributed by atoms with Crippen molar-refractivity contribution >= 4 is 5.78 Å². The fourth-order valence-corrected chi connectivity index (χ4v) is 2.97. The van der Waals surface area contributed by atoms with Gasteiger partial charge < -0.3 is 4.57 Å². The van der Waals surface area contributed by atoms with E-state index in [9.17, 15) is 4.39 Å². The summed E-state index contributed by atoms with van der Waals surface area (Å²) in [5.74, 6) is 1.14. The van der Waals surface area contributed by atoms with Gasteiger partial charge in [0.25, 0.3) is 0 Å². The molecule has 24 heavy (non-hydrogen) atoms. The molecule has 0 amide bonds. The number of fused-ring (bicyclic) bond motifs is 1. The molecule has 0 bridgehead atoms. The highest BCUT2D eigenvalue weighted by molar-refractivity contribution is 5.55. The van der Waals surface area contributed by atoms with Crippen LogP contribution >= 0.6 is 0 Å². The molecule has 6 heteroatoms. The van der Waals surface area contributed by atoms with Crippen molar-refractivity contribution in [1.82, 2.24) is 23.9 Å². The molecule has 0 unspecified atom stereocenters. The molecule has 0 aliphatic heterocycles. The molecule has 0 aliphatic carbocycles. The summed E-state index contributed by atoms with van der Waals surface area (Å²) in [6, 6.07) is 8.36. The Labute approximate surface area is 138 Å². The molecule has 4 aromatic rings. The summed E-state index contributed by atoms with van der Waals surface area (Å²) in [4.78, 5) is 13.3. The van der Waals surface area contributed by atoms with E-state index < -0.39 is 0 Å². The zero-order valence-electron chi connectivity index (χ0n) is 13.2. The van der Waals surface area contributed by atoms with Gasteiger partial charge in [-0.3, -0.25) is 4.40 Å².